The predicted molar refractivity (Wildman–Crippen MR) is 224 cm³/mol. The first kappa shape index (κ1) is 32.2. The van der Waals surface area contributed by atoms with Crippen LogP contribution in [0.1, 0.15) is 49.9 Å². The van der Waals surface area contributed by atoms with Crippen LogP contribution in [0, 0.1) is 0 Å². The van der Waals surface area contributed by atoms with E-state index in [0.717, 1.165) is 67.7 Å². The molecule has 0 saturated heterocycles. The quantitative estimate of drug-likeness (QED) is 0.183. The number of hydrogen-bond acceptors (Lipinski definition) is 4. The van der Waals surface area contributed by atoms with Gasteiger partial charge in [-0.3, -0.25) is 0 Å². The second-order valence-electron chi connectivity index (χ2n) is 15.4. The smallest absolute Gasteiger partial charge is 0.116 e. The minimum absolute atomic E-state index is 0.186. The van der Waals surface area contributed by atoms with E-state index >= 15 is 0 Å². The molecule has 8 aromatic rings. The number of rotatable bonds is 4. The molecule has 0 fully saturated rings. The molecule has 0 spiro atoms. The van der Waals surface area contributed by atoms with Crippen LogP contribution < -0.4 is 9.80 Å². The lowest BCUT2D eigenvalue weighted by Crippen LogP contribution is -2.31. The Morgan fingerprint density at radius 3 is 0.907 bits per heavy atom. The van der Waals surface area contributed by atoms with E-state index in [-0.39, 0.29) is 10.8 Å². The van der Waals surface area contributed by atoms with Gasteiger partial charge in [0.1, 0.15) is 11.0 Å². The Bertz CT molecular complexity index is 2440. The van der Waals surface area contributed by atoms with Crippen LogP contribution in [0.3, 0.4) is 0 Å². The van der Waals surface area contributed by atoms with E-state index in [0.29, 0.717) is 0 Å². The molecule has 2 aliphatic heterocycles. The van der Waals surface area contributed by atoms with Crippen LogP contribution >= 0.6 is 0 Å². The van der Waals surface area contributed by atoms with Crippen LogP contribution in [0.5, 0.6) is 0 Å². The van der Waals surface area contributed by atoms with Gasteiger partial charge in [0.15, 0.2) is 0 Å². The molecule has 2 aliphatic rings. The molecule has 0 bridgehead atoms. The molecule has 0 N–H and O–H groups in total. The van der Waals surface area contributed by atoms with Gasteiger partial charge >= 0.3 is 0 Å². The monoisotopic (exact) mass is 696 g/mol. The second kappa shape index (κ2) is 12.0. The minimum atomic E-state index is -0.186. The highest BCUT2D eigenvalue weighted by Crippen LogP contribution is 2.56. The van der Waals surface area contributed by atoms with Crippen molar-refractivity contribution in [3.05, 3.63) is 192 Å². The van der Waals surface area contributed by atoms with Gasteiger partial charge < -0.3 is 9.80 Å². The summed E-state index contributed by atoms with van der Waals surface area (Å²) in [5.74, 6) is 0. The lowest BCUT2D eigenvalue weighted by atomic mass is 9.73. The molecule has 0 amide bonds. The number of aromatic nitrogens is 2. The molecule has 10 rings (SSSR count). The zero-order valence-corrected chi connectivity index (χ0v) is 31.0. The predicted octanol–water partition coefficient (Wildman–Crippen LogP) is 13.2. The first-order valence-electron chi connectivity index (χ1n) is 18.8. The van der Waals surface area contributed by atoms with Gasteiger partial charge in [-0.05, 0) is 58.7 Å². The van der Waals surface area contributed by atoms with Crippen molar-refractivity contribution in [1.29, 1.82) is 0 Å². The maximum absolute atomic E-state index is 5.74. The summed E-state index contributed by atoms with van der Waals surface area (Å²) in [5, 5.41) is 0. The Kier molecular flexibility index (Phi) is 7.15. The number of benzene rings is 7. The molecule has 0 atom stereocenters. The first-order chi connectivity index (χ1) is 26.3. The van der Waals surface area contributed by atoms with Crippen LogP contribution in [0.4, 0.5) is 34.1 Å². The maximum atomic E-state index is 5.74. The normalized spacial score (nSPS) is 14.9. The average molecular weight is 697 g/mol. The Morgan fingerprint density at radius 2 is 0.593 bits per heavy atom. The van der Waals surface area contributed by atoms with Crippen LogP contribution in [0.15, 0.2) is 170 Å². The van der Waals surface area contributed by atoms with Crippen LogP contribution in [-0.2, 0) is 10.8 Å². The zero-order chi connectivity index (χ0) is 36.6. The summed E-state index contributed by atoms with van der Waals surface area (Å²) in [4.78, 5) is 16.3. The van der Waals surface area contributed by atoms with Gasteiger partial charge in [-0.2, -0.15) is 0 Å². The average Bonchev–Trinajstić information content (AvgIpc) is 3.22. The fourth-order valence-electron chi connectivity index (χ4n) is 8.92. The minimum Gasteiger partial charge on any atom is -0.308 e. The number of anilines is 6. The Morgan fingerprint density at radius 1 is 0.315 bits per heavy atom. The largest absolute Gasteiger partial charge is 0.308 e. The van der Waals surface area contributed by atoms with Crippen molar-refractivity contribution in [3.63, 3.8) is 0 Å². The highest BCUT2D eigenvalue weighted by Gasteiger charge is 2.40. The van der Waals surface area contributed by atoms with Gasteiger partial charge in [-0.1, -0.05) is 161 Å². The first-order valence-corrected chi connectivity index (χ1v) is 18.8. The molecule has 1 aromatic heterocycles. The fraction of sp³-hybridized carbons (Fsp3) is 0.120. The molecule has 4 heteroatoms. The molecule has 54 heavy (non-hydrogen) atoms. The summed E-state index contributed by atoms with van der Waals surface area (Å²) in [6.45, 7) is 9.32. The lowest BCUT2D eigenvalue weighted by Gasteiger charge is -2.43. The SMILES string of the molecule is CC1(C)c2ccccc2N(c2ccc(N3c4ccccc4C(C)(C)c4ccccc43)c3nc(-c4ccccc4)c(-c4ccccc4)nc23)c2ccccc21. The maximum Gasteiger partial charge on any atom is 0.116 e. The molecule has 7 aromatic carbocycles. The van der Waals surface area contributed by atoms with E-state index in [1.54, 1.807) is 0 Å². The van der Waals surface area contributed by atoms with Crippen molar-refractivity contribution >= 4 is 45.2 Å². The number of hydrogen-bond donors (Lipinski definition) is 0. The van der Waals surface area contributed by atoms with Crippen molar-refractivity contribution in [3.8, 4) is 22.5 Å². The fourth-order valence-corrected chi connectivity index (χ4v) is 8.92. The summed E-state index contributed by atoms with van der Waals surface area (Å²) in [5.41, 5.74) is 16.8. The summed E-state index contributed by atoms with van der Waals surface area (Å²) < 4.78 is 0. The van der Waals surface area contributed by atoms with Crippen LogP contribution in [0.2, 0.25) is 0 Å². The van der Waals surface area contributed by atoms with Crippen molar-refractivity contribution in [2.24, 2.45) is 0 Å². The summed E-state index contributed by atoms with van der Waals surface area (Å²) >= 11 is 0. The van der Waals surface area contributed by atoms with Gasteiger partial charge in [0, 0.05) is 22.0 Å². The summed E-state index contributed by atoms with van der Waals surface area (Å²) in [6, 6.07) is 60.8. The van der Waals surface area contributed by atoms with E-state index in [2.05, 4.69) is 207 Å². The third-order valence-electron chi connectivity index (χ3n) is 11.6. The van der Waals surface area contributed by atoms with Gasteiger partial charge in [0.25, 0.3) is 0 Å². The van der Waals surface area contributed by atoms with Gasteiger partial charge in [-0.15, -0.1) is 0 Å². The molecular formula is C50H40N4. The second-order valence-corrected chi connectivity index (χ2v) is 15.4. The molecule has 4 nitrogen and oxygen atoms in total. The Balaban J connectivity index is 1.34. The van der Waals surface area contributed by atoms with Crippen LogP contribution in [0.25, 0.3) is 33.5 Å². The van der Waals surface area contributed by atoms with E-state index in [1.165, 1.54) is 22.3 Å². The summed E-state index contributed by atoms with van der Waals surface area (Å²) in [6.07, 6.45) is 0. The Hall–Kier alpha value is -6.52. The topological polar surface area (TPSA) is 32.3 Å². The van der Waals surface area contributed by atoms with E-state index in [9.17, 15) is 0 Å². The number of para-hydroxylation sites is 4. The van der Waals surface area contributed by atoms with Gasteiger partial charge in [0.05, 0.1) is 45.5 Å². The molecule has 3 heterocycles. The van der Waals surface area contributed by atoms with Gasteiger partial charge in [-0.25, -0.2) is 9.97 Å². The number of nitrogens with zero attached hydrogens (tertiary/aromatic N) is 4. The van der Waals surface area contributed by atoms with Crippen molar-refractivity contribution in [2.45, 2.75) is 38.5 Å². The van der Waals surface area contributed by atoms with Crippen molar-refractivity contribution < 1.29 is 0 Å². The highest BCUT2D eigenvalue weighted by atomic mass is 15.2. The van der Waals surface area contributed by atoms with Gasteiger partial charge in [0.2, 0.25) is 0 Å². The standard InChI is InChI=1S/C50H40N4/c1-49(2)35-23-11-15-27-39(35)53(40-28-16-12-24-36(40)49)43-31-32-44(54-41-29-17-13-25-37(41)50(3,4)38-26-14-18-30-42(38)54)48-47(43)51-45(33-19-7-5-8-20-33)46(52-48)34-21-9-6-10-22-34/h5-32H,1-4H3. The van der Waals surface area contributed by atoms with E-state index in [4.69, 9.17) is 9.97 Å². The van der Waals surface area contributed by atoms with E-state index < -0.39 is 0 Å². The molecule has 0 aliphatic carbocycles. The molecular weight excluding hydrogens is 657 g/mol. The molecule has 0 radical (unpaired) electrons. The van der Waals surface area contributed by atoms with E-state index in [1.807, 2.05) is 0 Å². The third kappa shape index (κ3) is 4.69. The van der Waals surface area contributed by atoms with Crippen molar-refractivity contribution in [2.75, 3.05) is 9.80 Å². The lowest BCUT2D eigenvalue weighted by molar-refractivity contribution is 0.631. The zero-order valence-electron chi connectivity index (χ0n) is 31.0. The van der Waals surface area contributed by atoms with Crippen LogP contribution in [-0.4, -0.2) is 9.97 Å². The molecule has 0 saturated carbocycles. The third-order valence-corrected chi connectivity index (χ3v) is 11.6. The van der Waals surface area contributed by atoms with Crippen molar-refractivity contribution in [1.82, 2.24) is 9.97 Å². The molecule has 0 unspecified atom stereocenters. The highest BCUT2D eigenvalue weighted by molar-refractivity contribution is 6.07. The molecule has 260 valence electrons. The number of fused-ring (bicyclic) bond motifs is 5. The Labute approximate surface area is 317 Å². The summed E-state index contributed by atoms with van der Waals surface area (Å²) in [7, 11) is 0.